The molecule has 2 aliphatic rings. The van der Waals surface area contributed by atoms with Crippen LogP contribution in [0.25, 0.3) is 0 Å². The molecule has 1 saturated heterocycles. The van der Waals surface area contributed by atoms with Gasteiger partial charge in [0, 0.05) is 31.9 Å². The van der Waals surface area contributed by atoms with Gasteiger partial charge in [-0.1, -0.05) is 0 Å². The molecule has 0 radical (unpaired) electrons. The zero-order chi connectivity index (χ0) is 17.1. The Labute approximate surface area is 146 Å². The summed E-state index contributed by atoms with van der Waals surface area (Å²) in [4.78, 5) is 2.33. The van der Waals surface area contributed by atoms with Gasteiger partial charge in [0.1, 0.15) is 0 Å². The molecule has 25 heavy (non-hydrogen) atoms. The maximum Gasteiger partial charge on any atom is 0.231 e. The number of benzene rings is 1. The number of nitrogens with zero attached hydrogens (tertiary/aromatic N) is 3. The summed E-state index contributed by atoms with van der Waals surface area (Å²) in [6.45, 7) is 2.92. The van der Waals surface area contributed by atoms with Crippen LogP contribution in [0.15, 0.2) is 30.5 Å². The summed E-state index contributed by atoms with van der Waals surface area (Å²) in [7, 11) is 1.64. The summed E-state index contributed by atoms with van der Waals surface area (Å²) in [5.41, 5.74) is 1.12. The van der Waals surface area contributed by atoms with Crippen LogP contribution in [0.5, 0.6) is 17.2 Å². The average molecular weight is 342 g/mol. The van der Waals surface area contributed by atoms with Gasteiger partial charge in [-0.3, -0.25) is 0 Å². The lowest BCUT2D eigenvalue weighted by molar-refractivity contribution is 0.171. The van der Waals surface area contributed by atoms with E-state index in [9.17, 15) is 0 Å². The second-order valence-corrected chi connectivity index (χ2v) is 6.23. The van der Waals surface area contributed by atoms with E-state index in [0.717, 1.165) is 43.2 Å². The number of anilines is 1. The lowest BCUT2D eigenvalue weighted by Gasteiger charge is -2.25. The molecule has 7 heteroatoms. The van der Waals surface area contributed by atoms with E-state index in [1.165, 1.54) is 6.42 Å². The summed E-state index contributed by atoms with van der Waals surface area (Å²) in [5.74, 6) is 3.11. The van der Waals surface area contributed by atoms with Gasteiger partial charge in [-0.2, -0.15) is 5.10 Å². The Morgan fingerprint density at radius 3 is 3.16 bits per heavy atom. The molecule has 1 fully saturated rings. The van der Waals surface area contributed by atoms with Gasteiger partial charge in [0.25, 0.3) is 0 Å². The topological polar surface area (TPSA) is 68.7 Å². The Morgan fingerprint density at radius 1 is 1.36 bits per heavy atom. The zero-order valence-corrected chi connectivity index (χ0v) is 14.3. The fourth-order valence-corrected chi connectivity index (χ4v) is 3.47. The van der Waals surface area contributed by atoms with Crippen molar-refractivity contribution in [2.45, 2.75) is 25.4 Å². The normalized spacial score (nSPS) is 18.6. The molecule has 0 spiro atoms. The van der Waals surface area contributed by atoms with Crippen molar-refractivity contribution in [3.63, 3.8) is 0 Å². The second kappa shape index (κ2) is 7.14. The van der Waals surface area contributed by atoms with Crippen molar-refractivity contribution < 1.29 is 14.2 Å². The maximum absolute atomic E-state index is 5.48. The number of hydrogen-bond acceptors (Lipinski definition) is 7. The van der Waals surface area contributed by atoms with Crippen molar-refractivity contribution in [1.29, 1.82) is 0 Å². The van der Waals surface area contributed by atoms with Crippen molar-refractivity contribution in [1.82, 2.24) is 15.5 Å². The first-order chi connectivity index (χ1) is 12.3. The molecule has 1 aromatic carbocycles. The molecular weight excluding hydrogens is 320 g/mol. The number of nitrogens with one attached hydrogen (secondary N) is 1. The average Bonchev–Trinajstić information content (AvgIpc) is 3.31. The molecule has 0 aliphatic carbocycles. The lowest BCUT2D eigenvalue weighted by atomic mass is 10.1. The largest absolute Gasteiger partial charge is 0.493 e. The quantitative estimate of drug-likeness (QED) is 0.861. The number of aromatic nitrogens is 2. The monoisotopic (exact) mass is 342 g/mol. The minimum atomic E-state index is 0.248. The zero-order valence-electron chi connectivity index (χ0n) is 14.3. The van der Waals surface area contributed by atoms with Gasteiger partial charge in [-0.15, -0.1) is 5.10 Å². The maximum atomic E-state index is 5.48. The Balaban J connectivity index is 1.38. The number of fused-ring (bicyclic) bond motifs is 1. The smallest absolute Gasteiger partial charge is 0.231 e. The van der Waals surface area contributed by atoms with E-state index in [1.54, 1.807) is 13.3 Å². The lowest BCUT2D eigenvalue weighted by Crippen LogP contribution is -2.38. The fraction of sp³-hybridized carbons (Fsp3) is 0.444. The highest BCUT2D eigenvalue weighted by molar-refractivity contribution is 5.55. The first kappa shape index (κ1) is 16.0. The Morgan fingerprint density at radius 2 is 2.32 bits per heavy atom. The van der Waals surface area contributed by atoms with Crippen molar-refractivity contribution in [2.24, 2.45) is 0 Å². The van der Waals surface area contributed by atoms with Crippen LogP contribution in [-0.2, 0) is 6.54 Å². The van der Waals surface area contributed by atoms with Crippen molar-refractivity contribution in [3.8, 4) is 17.2 Å². The van der Waals surface area contributed by atoms with E-state index in [2.05, 4.69) is 20.4 Å². The van der Waals surface area contributed by atoms with Crippen molar-refractivity contribution >= 4 is 5.82 Å². The summed E-state index contributed by atoms with van der Waals surface area (Å²) < 4.78 is 16.3. The molecule has 0 saturated carbocycles. The molecule has 132 valence electrons. The van der Waals surface area contributed by atoms with Crippen LogP contribution in [0.2, 0.25) is 0 Å². The third-order valence-electron chi connectivity index (χ3n) is 4.66. The molecule has 2 aromatic rings. The van der Waals surface area contributed by atoms with Crippen LogP contribution in [0.3, 0.4) is 0 Å². The third-order valence-corrected chi connectivity index (χ3v) is 4.66. The highest BCUT2D eigenvalue weighted by atomic mass is 16.7. The minimum Gasteiger partial charge on any atom is -0.493 e. The predicted molar refractivity (Wildman–Crippen MR) is 93.2 cm³/mol. The summed E-state index contributed by atoms with van der Waals surface area (Å²) in [5, 5.41) is 11.8. The Kier molecular flexibility index (Phi) is 4.56. The van der Waals surface area contributed by atoms with Crippen LogP contribution in [0, 0.1) is 0 Å². The van der Waals surface area contributed by atoms with E-state index in [4.69, 9.17) is 14.2 Å². The van der Waals surface area contributed by atoms with Crippen LogP contribution in [0.4, 0.5) is 5.82 Å². The standard InChI is InChI=1S/C18H22N4O3/c1-23-15-8-13(9-16-18(15)25-12-24-16)10-19-11-14-4-3-7-22(14)17-5-2-6-20-21-17/h2,5-6,8-9,14,19H,3-4,7,10-12H2,1H3. The van der Waals surface area contributed by atoms with Gasteiger partial charge >= 0.3 is 0 Å². The number of ether oxygens (including phenoxy) is 3. The molecular formula is C18H22N4O3. The van der Waals surface area contributed by atoms with Crippen LogP contribution in [0.1, 0.15) is 18.4 Å². The molecule has 0 amide bonds. The molecule has 3 heterocycles. The molecule has 1 unspecified atom stereocenters. The van der Waals surface area contributed by atoms with E-state index in [1.807, 2.05) is 24.3 Å². The first-order valence-electron chi connectivity index (χ1n) is 8.57. The molecule has 1 N–H and O–H groups in total. The molecule has 1 atom stereocenters. The highest BCUT2D eigenvalue weighted by Crippen LogP contribution is 2.41. The molecule has 2 aliphatic heterocycles. The SMILES string of the molecule is COc1cc(CNCC2CCCN2c2cccnn2)cc2c1OCO2. The van der Waals surface area contributed by atoms with Crippen LogP contribution < -0.4 is 24.4 Å². The van der Waals surface area contributed by atoms with Gasteiger partial charge in [-0.05, 0) is 42.7 Å². The number of rotatable bonds is 6. The Hall–Kier alpha value is -2.54. The molecule has 0 bridgehead atoms. The van der Waals surface area contributed by atoms with Crippen molar-refractivity contribution in [2.75, 3.05) is 31.9 Å². The summed E-state index contributed by atoms with van der Waals surface area (Å²) >= 11 is 0. The van der Waals surface area contributed by atoms with E-state index in [0.29, 0.717) is 17.5 Å². The van der Waals surface area contributed by atoms with Gasteiger partial charge in [-0.25, -0.2) is 0 Å². The minimum absolute atomic E-state index is 0.248. The van der Waals surface area contributed by atoms with Gasteiger partial charge in [0.2, 0.25) is 12.5 Å². The third kappa shape index (κ3) is 3.32. The van der Waals surface area contributed by atoms with Crippen LogP contribution in [-0.4, -0.2) is 43.2 Å². The Bertz CT molecular complexity index is 726. The number of hydrogen-bond donors (Lipinski definition) is 1. The van der Waals surface area contributed by atoms with Gasteiger partial charge in [0.05, 0.1) is 7.11 Å². The second-order valence-electron chi connectivity index (χ2n) is 6.23. The number of methoxy groups -OCH3 is 1. The van der Waals surface area contributed by atoms with E-state index in [-0.39, 0.29) is 6.79 Å². The van der Waals surface area contributed by atoms with E-state index >= 15 is 0 Å². The summed E-state index contributed by atoms with van der Waals surface area (Å²) in [6, 6.07) is 8.40. The van der Waals surface area contributed by atoms with Gasteiger partial charge in [0.15, 0.2) is 17.3 Å². The molecule has 1 aromatic heterocycles. The summed E-state index contributed by atoms with van der Waals surface area (Å²) in [6.07, 6.45) is 4.05. The van der Waals surface area contributed by atoms with Gasteiger partial charge < -0.3 is 24.4 Å². The fourth-order valence-electron chi connectivity index (χ4n) is 3.47. The highest BCUT2D eigenvalue weighted by Gasteiger charge is 2.25. The predicted octanol–water partition coefficient (Wildman–Crippen LogP) is 1.97. The molecule has 4 rings (SSSR count). The first-order valence-corrected chi connectivity index (χ1v) is 8.57. The van der Waals surface area contributed by atoms with Crippen LogP contribution >= 0.6 is 0 Å². The van der Waals surface area contributed by atoms with Crippen molar-refractivity contribution in [3.05, 3.63) is 36.0 Å². The molecule has 7 nitrogen and oxygen atoms in total. The van der Waals surface area contributed by atoms with E-state index < -0.39 is 0 Å².